The van der Waals surface area contributed by atoms with Crippen molar-refractivity contribution in [3.05, 3.63) is 87.1 Å². The Labute approximate surface area is 217 Å². The molecule has 1 aliphatic heterocycles. The first-order valence-corrected chi connectivity index (χ1v) is 13.7. The third-order valence-corrected chi connectivity index (χ3v) is 8.58. The number of benzene rings is 2. The Hall–Kier alpha value is -2.40. The summed E-state index contributed by atoms with van der Waals surface area (Å²) in [5.74, 6) is -2.23. The molecule has 0 spiro atoms. The minimum absolute atomic E-state index is 0.00496. The van der Waals surface area contributed by atoms with Crippen LogP contribution >= 0.6 is 15.9 Å². The topological polar surface area (TPSA) is 86.7 Å². The number of allylic oxidation sites excluding steroid dienone is 2. The molecule has 2 atom stereocenters. The molecule has 0 bridgehead atoms. The highest BCUT2D eigenvalue weighted by Crippen LogP contribution is 2.47. The highest BCUT2D eigenvalue weighted by atomic mass is 79.9. The van der Waals surface area contributed by atoms with Gasteiger partial charge in [0.25, 0.3) is 5.91 Å². The Bertz CT molecular complexity index is 1380. The van der Waals surface area contributed by atoms with Gasteiger partial charge in [-0.25, -0.2) is 21.9 Å². The van der Waals surface area contributed by atoms with Gasteiger partial charge in [0.1, 0.15) is 11.6 Å². The predicted octanol–water partition coefficient (Wildman–Crippen LogP) is 4.88. The summed E-state index contributed by atoms with van der Waals surface area (Å²) in [6.07, 6.45) is 4.26. The van der Waals surface area contributed by atoms with E-state index in [2.05, 4.69) is 20.7 Å². The maximum Gasteiger partial charge on any atom is 0.268 e. The molecular weight excluding hydrogens is 554 g/mol. The molecule has 192 valence electrons. The summed E-state index contributed by atoms with van der Waals surface area (Å²) in [6.45, 7) is 6.96. The van der Waals surface area contributed by atoms with E-state index in [1.165, 1.54) is 29.2 Å². The minimum Gasteiger partial charge on any atom is -0.372 e. The van der Waals surface area contributed by atoms with Gasteiger partial charge in [-0.3, -0.25) is 4.79 Å². The normalized spacial score (nSPS) is 22.4. The maximum absolute atomic E-state index is 14.1. The number of halogens is 3. The number of carbonyl (C=O) groups excluding carboxylic acids is 1. The molecule has 1 amide bonds. The molecule has 36 heavy (non-hydrogen) atoms. The molecule has 1 fully saturated rings. The van der Waals surface area contributed by atoms with E-state index in [0.717, 1.165) is 12.1 Å². The van der Waals surface area contributed by atoms with Gasteiger partial charge in [0.15, 0.2) is 5.60 Å². The molecule has 1 heterocycles. The fourth-order valence-corrected chi connectivity index (χ4v) is 6.13. The zero-order chi connectivity index (χ0) is 26.6. The Morgan fingerprint density at radius 2 is 1.75 bits per heavy atom. The number of nitrogens with one attached hydrogen (secondary N) is 1. The number of nitrogens with zero attached hydrogens (tertiary/aromatic N) is 1. The van der Waals surface area contributed by atoms with Gasteiger partial charge < -0.3 is 10.0 Å². The van der Waals surface area contributed by atoms with Crippen molar-refractivity contribution in [2.24, 2.45) is 5.92 Å². The average molecular weight is 581 g/mol. The zero-order valence-corrected chi connectivity index (χ0v) is 22.7. The molecular formula is C26H27BrF2N2O4S. The van der Waals surface area contributed by atoms with Crippen molar-refractivity contribution in [3.63, 3.8) is 0 Å². The summed E-state index contributed by atoms with van der Waals surface area (Å²) in [7, 11) is -3.81. The molecule has 2 unspecified atom stereocenters. The number of fused-ring (bicyclic) bond motifs is 1. The first-order valence-electron chi connectivity index (χ1n) is 11.4. The molecule has 0 aromatic heterocycles. The highest BCUT2D eigenvalue weighted by molar-refractivity contribution is 9.10. The van der Waals surface area contributed by atoms with Gasteiger partial charge in [0.05, 0.1) is 15.9 Å². The van der Waals surface area contributed by atoms with E-state index in [1.807, 2.05) is 19.1 Å². The quantitative estimate of drug-likeness (QED) is 0.493. The van der Waals surface area contributed by atoms with E-state index in [4.69, 9.17) is 0 Å². The number of carbonyl (C=O) groups is 1. The van der Waals surface area contributed by atoms with Crippen molar-refractivity contribution in [2.45, 2.75) is 56.7 Å². The molecule has 1 aliphatic carbocycles. The summed E-state index contributed by atoms with van der Waals surface area (Å²) in [6, 6.07) is 7.77. The van der Waals surface area contributed by atoms with Crippen molar-refractivity contribution in [2.75, 3.05) is 0 Å². The lowest BCUT2D eigenvalue weighted by Crippen LogP contribution is -2.40. The molecule has 0 saturated carbocycles. The Morgan fingerprint density at radius 1 is 1.17 bits per heavy atom. The van der Waals surface area contributed by atoms with Gasteiger partial charge in [-0.15, -0.1) is 0 Å². The van der Waals surface area contributed by atoms with Crippen LogP contribution < -0.4 is 4.72 Å². The summed E-state index contributed by atoms with van der Waals surface area (Å²) >= 11 is 2.85. The average Bonchev–Trinajstić information content (AvgIpc) is 2.98. The van der Waals surface area contributed by atoms with Gasteiger partial charge in [-0.05, 0) is 84.4 Å². The first kappa shape index (κ1) is 26.7. The van der Waals surface area contributed by atoms with Crippen LogP contribution in [0.2, 0.25) is 0 Å². The molecule has 1 saturated heterocycles. The van der Waals surface area contributed by atoms with E-state index < -0.39 is 38.7 Å². The molecule has 2 N–H and O–H groups in total. The third-order valence-electron chi connectivity index (χ3n) is 6.05. The second kappa shape index (κ2) is 9.16. The monoisotopic (exact) mass is 580 g/mol. The van der Waals surface area contributed by atoms with Crippen LogP contribution in [0.25, 0.3) is 0 Å². The summed E-state index contributed by atoms with van der Waals surface area (Å²) in [5.41, 5.74) is -1.51. The van der Waals surface area contributed by atoms with Gasteiger partial charge >= 0.3 is 0 Å². The molecule has 2 aromatic rings. The Morgan fingerprint density at radius 3 is 2.31 bits per heavy atom. The van der Waals surface area contributed by atoms with Crippen molar-refractivity contribution in [1.29, 1.82) is 0 Å². The van der Waals surface area contributed by atoms with Crippen LogP contribution in [-0.2, 0) is 27.0 Å². The fourth-order valence-electron chi connectivity index (χ4n) is 4.48. The van der Waals surface area contributed by atoms with Crippen molar-refractivity contribution in [3.8, 4) is 0 Å². The van der Waals surface area contributed by atoms with Crippen LogP contribution in [0, 0.1) is 17.6 Å². The molecule has 0 radical (unpaired) electrons. The number of likely N-dealkylation sites (tertiary alicyclic amines) is 1. The van der Waals surface area contributed by atoms with E-state index in [-0.39, 0.29) is 33.0 Å². The van der Waals surface area contributed by atoms with E-state index in [1.54, 1.807) is 20.8 Å². The van der Waals surface area contributed by atoms with Crippen LogP contribution in [-0.4, -0.2) is 29.9 Å². The van der Waals surface area contributed by atoms with Gasteiger partial charge in [-0.1, -0.05) is 31.2 Å². The van der Waals surface area contributed by atoms with Crippen molar-refractivity contribution in [1.82, 2.24) is 9.62 Å². The lowest BCUT2D eigenvalue weighted by Gasteiger charge is -2.25. The van der Waals surface area contributed by atoms with Crippen LogP contribution in [0.1, 0.15) is 45.2 Å². The standard InChI is InChI=1S/C26H27BrF2N2O4S/c1-15-5-10-22-19(11-15)26(33,17-6-8-18(9-7-17)36(34,35)30-25(2,3)4)24(32)31(22)14-16-12-20(28)23(27)21(29)13-16/h6-13,15,30,33H,5,14H2,1-4H3. The van der Waals surface area contributed by atoms with Crippen LogP contribution in [0.15, 0.2) is 69.2 Å². The van der Waals surface area contributed by atoms with Crippen LogP contribution in [0.4, 0.5) is 8.78 Å². The molecule has 2 aliphatic rings. The Kier molecular flexibility index (Phi) is 6.79. The smallest absolute Gasteiger partial charge is 0.268 e. The fraction of sp³-hybridized carbons (Fsp3) is 0.346. The molecule has 4 rings (SSSR count). The Balaban J connectivity index is 1.74. The second-order valence-electron chi connectivity index (χ2n) is 10.2. The number of hydrogen-bond acceptors (Lipinski definition) is 4. The minimum atomic E-state index is -3.81. The molecule has 2 aromatic carbocycles. The molecule has 6 nitrogen and oxygen atoms in total. The SMILES string of the molecule is CC1C=C2C(=CC1)N(Cc1cc(F)c(Br)c(F)c1)C(=O)C2(O)c1ccc(S(=O)(=O)NC(C)(C)C)cc1. The second-order valence-corrected chi connectivity index (χ2v) is 12.7. The lowest BCUT2D eigenvalue weighted by atomic mass is 9.82. The number of aliphatic hydroxyl groups is 1. The largest absolute Gasteiger partial charge is 0.372 e. The van der Waals surface area contributed by atoms with Gasteiger partial charge in [0, 0.05) is 16.8 Å². The lowest BCUT2D eigenvalue weighted by molar-refractivity contribution is -0.142. The van der Waals surface area contributed by atoms with Crippen molar-refractivity contribution < 1.29 is 27.1 Å². The van der Waals surface area contributed by atoms with Gasteiger partial charge in [0.2, 0.25) is 10.0 Å². The number of hydrogen-bond donors (Lipinski definition) is 2. The summed E-state index contributed by atoms with van der Waals surface area (Å²) in [4.78, 5) is 15.0. The zero-order valence-electron chi connectivity index (χ0n) is 20.3. The van der Waals surface area contributed by atoms with Crippen LogP contribution in [0.3, 0.4) is 0 Å². The van der Waals surface area contributed by atoms with E-state index >= 15 is 0 Å². The number of rotatable bonds is 5. The van der Waals surface area contributed by atoms with E-state index in [0.29, 0.717) is 17.7 Å². The number of sulfonamides is 1. The summed E-state index contributed by atoms with van der Waals surface area (Å²) in [5, 5.41) is 11.8. The van der Waals surface area contributed by atoms with Crippen molar-refractivity contribution >= 4 is 31.9 Å². The maximum atomic E-state index is 14.1. The van der Waals surface area contributed by atoms with E-state index in [9.17, 15) is 27.1 Å². The van der Waals surface area contributed by atoms with Crippen LogP contribution in [0.5, 0.6) is 0 Å². The highest BCUT2D eigenvalue weighted by Gasteiger charge is 2.54. The van der Waals surface area contributed by atoms with Gasteiger partial charge in [-0.2, -0.15) is 0 Å². The predicted molar refractivity (Wildman–Crippen MR) is 135 cm³/mol. The summed E-state index contributed by atoms with van der Waals surface area (Å²) < 4.78 is 55.9. The number of amides is 1. The first-order chi connectivity index (χ1) is 16.6. The molecule has 10 heteroatoms. The third kappa shape index (κ3) is 4.79.